The van der Waals surface area contributed by atoms with Gasteiger partial charge in [-0.2, -0.15) is 0 Å². The molecule has 4 aliphatic carbocycles. The molecule has 0 aliphatic heterocycles. The number of carbonyl (C=O) groups excluding carboxylic acids is 1. The van der Waals surface area contributed by atoms with Crippen LogP contribution in [-0.2, 0) is 4.79 Å². The Balaban J connectivity index is 1.67. The van der Waals surface area contributed by atoms with Gasteiger partial charge in [0, 0.05) is 5.41 Å². The molecule has 4 saturated carbocycles. The van der Waals surface area contributed by atoms with E-state index in [2.05, 4.69) is 13.8 Å². The van der Waals surface area contributed by atoms with Crippen LogP contribution in [0.3, 0.4) is 0 Å². The van der Waals surface area contributed by atoms with Crippen molar-refractivity contribution in [2.24, 2.45) is 40.4 Å². The SMILES string of the molecule is C[C@@H]1C[C@@H]2[C@H]3CC[C@@H]4C[C@H](O)CC[C@]4(C)[C@@H]3CC[C@]2(C)[C@@]1(O)C(=O)CO. The Bertz CT molecular complexity index is 591. The molecule has 4 nitrogen and oxygen atoms in total. The van der Waals surface area contributed by atoms with E-state index in [0.717, 1.165) is 44.9 Å². The quantitative estimate of drug-likeness (QED) is 0.704. The van der Waals surface area contributed by atoms with Gasteiger partial charge in [-0.25, -0.2) is 0 Å². The highest BCUT2D eigenvalue weighted by Crippen LogP contribution is 2.69. The summed E-state index contributed by atoms with van der Waals surface area (Å²) >= 11 is 0. The van der Waals surface area contributed by atoms with Crippen LogP contribution in [0.25, 0.3) is 0 Å². The Hall–Kier alpha value is -0.450. The van der Waals surface area contributed by atoms with Crippen LogP contribution in [0.5, 0.6) is 0 Å². The van der Waals surface area contributed by atoms with Crippen LogP contribution in [-0.4, -0.2) is 39.4 Å². The summed E-state index contributed by atoms with van der Waals surface area (Å²) in [6, 6.07) is 0. The predicted molar refractivity (Wildman–Crippen MR) is 99.3 cm³/mol. The van der Waals surface area contributed by atoms with E-state index in [1.165, 1.54) is 6.42 Å². The molecule has 3 N–H and O–H groups in total. The Morgan fingerprint density at radius 1 is 1.04 bits per heavy atom. The van der Waals surface area contributed by atoms with Crippen molar-refractivity contribution in [2.45, 2.75) is 83.8 Å². The maximum Gasteiger partial charge on any atom is 0.190 e. The van der Waals surface area contributed by atoms with Gasteiger partial charge in [0.25, 0.3) is 0 Å². The minimum Gasteiger partial charge on any atom is -0.393 e. The van der Waals surface area contributed by atoms with Crippen molar-refractivity contribution in [3.05, 3.63) is 0 Å². The topological polar surface area (TPSA) is 77.8 Å². The van der Waals surface area contributed by atoms with Crippen LogP contribution >= 0.6 is 0 Å². The number of ketones is 1. The van der Waals surface area contributed by atoms with Crippen LogP contribution in [0.2, 0.25) is 0 Å². The Kier molecular flexibility index (Phi) is 4.38. The lowest BCUT2D eigenvalue weighted by molar-refractivity contribution is -0.178. The van der Waals surface area contributed by atoms with Crippen LogP contribution in [0.4, 0.5) is 0 Å². The molecule has 0 unspecified atom stereocenters. The summed E-state index contributed by atoms with van der Waals surface area (Å²) in [5, 5.41) is 31.1. The number of fused-ring (bicyclic) bond motifs is 5. The summed E-state index contributed by atoms with van der Waals surface area (Å²) in [4.78, 5) is 12.6. The van der Waals surface area contributed by atoms with Gasteiger partial charge >= 0.3 is 0 Å². The van der Waals surface area contributed by atoms with Crippen molar-refractivity contribution in [1.82, 2.24) is 0 Å². The van der Waals surface area contributed by atoms with Gasteiger partial charge in [0.1, 0.15) is 12.2 Å². The zero-order valence-electron chi connectivity index (χ0n) is 16.6. The van der Waals surface area contributed by atoms with Crippen molar-refractivity contribution in [3.63, 3.8) is 0 Å². The van der Waals surface area contributed by atoms with Crippen molar-refractivity contribution < 1.29 is 20.1 Å². The van der Waals surface area contributed by atoms with E-state index < -0.39 is 17.6 Å². The second kappa shape index (κ2) is 6.02. The fourth-order valence-electron chi connectivity index (χ4n) is 8.29. The van der Waals surface area contributed by atoms with Crippen molar-refractivity contribution in [1.29, 1.82) is 0 Å². The zero-order valence-corrected chi connectivity index (χ0v) is 16.6. The highest BCUT2D eigenvalue weighted by Gasteiger charge is 2.68. The first kappa shape index (κ1) is 18.9. The lowest BCUT2D eigenvalue weighted by Crippen LogP contribution is -2.60. The summed E-state index contributed by atoms with van der Waals surface area (Å²) in [6.45, 7) is 6.00. The fourth-order valence-corrected chi connectivity index (χ4v) is 8.29. The second-order valence-corrected chi connectivity index (χ2v) is 10.5. The number of hydrogen-bond donors (Lipinski definition) is 3. The van der Waals surface area contributed by atoms with Gasteiger partial charge in [-0.05, 0) is 86.4 Å². The smallest absolute Gasteiger partial charge is 0.190 e. The highest BCUT2D eigenvalue weighted by molar-refractivity contribution is 5.89. The molecule has 4 aliphatic rings. The third-order valence-corrected chi connectivity index (χ3v) is 9.79. The predicted octanol–water partition coefficient (Wildman–Crippen LogP) is 2.93. The molecular formula is C22H36O4. The molecule has 0 amide bonds. The van der Waals surface area contributed by atoms with E-state index in [-0.39, 0.29) is 17.8 Å². The molecule has 0 saturated heterocycles. The number of aliphatic hydroxyl groups excluding tert-OH is 2. The van der Waals surface area contributed by atoms with Gasteiger partial charge in [0.05, 0.1) is 6.10 Å². The molecule has 0 aromatic carbocycles. The van der Waals surface area contributed by atoms with Crippen LogP contribution in [0, 0.1) is 40.4 Å². The molecule has 9 atom stereocenters. The summed E-state index contributed by atoms with van der Waals surface area (Å²) in [6.07, 6.45) is 8.01. The lowest BCUT2D eigenvalue weighted by atomic mass is 9.44. The van der Waals surface area contributed by atoms with Crippen molar-refractivity contribution in [3.8, 4) is 0 Å². The minimum absolute atomic E-state index is 0.0883. The first-order valence-electron chi connectivity index (χ1n) is 10.7. The normalized spacial score (nSPS) is 56.4. The van der Waals surface area contributed by atoms with Gasteiger partial charge in [-0.15, -0.1) is 0 Å². The maximum absolute atomic E-state index is 12.6. The molecule has 0 bridgehead atoms. The Morgan fingerprint density at radius 2 is 1.77 bits per heavy atom. The minimum atomic E-state index is -1.38. The molecule has 0 aromatic heterocycles. The number of Topliss-reactive ketones (excluding diaryl/α,β-unsaturated/α-hetero) is 1. The molecule has 0 heterocycles. The fraction of sp³-hybridized carbons (Fsp3) is 0.955. The van der Waals surface area contributed by atoms with Gasteiger partial charge < -0.3 is 15.3 Å². The molecule has 0 radical (unpaired) electrons. The van der Waals surface area contributed by atoms with E-state index in [4.69, 9.17) is 0 Å². The molecular weight excluding hydrogens is 328 g/mol. The average molecular weight is 365 g/mol. The van der Waals surface area contributed by atoms with Crippen LogP contribution in [0.15, 0.2) is 0 Å². The molecule has 4 rings (SSSR count). The second-order valence-electron chi connectivity index (χ2n) is 10.5. The molecule has 0 spiro atoms. The van der Waals surface area contributed by atoms with E-state index in [1.807, 2.05) is 6.92 Å². The number of hydrogen-bond acceptors (Lipinski definition) is 4. The summed E-state index contributed by atoms with van der Waals surface area (Å²) < 4.78 is 0. The van der Waals surface area contributed by atoms with Crippen molar-refractivity contribution in [2.75, 3.05) is 6.61 Å². The number of aliphatic hydroxyl groups is 3. The molecule has 26 heavy (non-hydrogen) atoms. The molecule has 148 valence electrons. The van der Waals surface area contributed by atoms with Crippen LogP contribution < -0.4 is 0 Å². The monoisotopic (exact) mass is 364 g/mol. The largest absolute Gasteiger partial charge is 0.393 e. The van der Waals surface area contributed by atoms with Gasteiger partial charge in [0.15, 0.2) is 5.78 Å². The summed E-state index contributed by atoms with van der Waals surface area (Å²) in [7, 11) is 0. The van der Waals surface area contributed by atoms with Gasteiger partial charge in [-0.3, -0.25) is 4.79 Å². The third-order valence-electron chi connectivity index (χ3n) is 9.79. The first-order chi connectivity index (χ1) is 12.2. The standard InChI is InChI=1S/C22H36O4/c1-13-10-18-16-5-4-14-11-15(24)6-8-20(14,2)17(16)7-9-21(18,3)22(13,26)19(25)12-23/h13-18,23-24,26H,4-12H2,1-3H3/t13-,14-,15-,16+,17-,18-,20+,21+,22+/m1/s1. The average Bonchev–Trinajstić information content (AvgIpc) is 2.83. The lowest BCUT2D eigenvalue weighted by Gasteiger charge is -2.61. The molecule has 4 fully saturated rings. The van der Waals surface area contributed by atoms with Gasteiger partial charge in [0.2, 0.25) is 0 Å². The van der Waals surface area contributed by atoms with Gasteiger partial charge in [-0.1, -0.05) is 20.8 Å². The molecule has 4 heteroatoms. The number of rotatable bonds is 2. The van der Waals surface area contributed by atoms with E-state index in [1.54, 1.807) is 0 Å². The molecule has 0 aromatic rings. The highest BCUT2D eigenvalue weighted by atomic mass is 16.3. The Morgan fingerprint density at radius 3 is 2.46 bits per heavy atom. The number of carbonyl (C=O) groups is 1. The summed E-state index contributed by atoms with van der Waals surface area (Å²) in [5.74, 6) is 1.72. The van der Waals surface area contributed by atoms with Crippen molar-refractivity contribution >= 4 is 5.78 Å². The van der Waals surface area contributed by atoms with Crippen LogP contribution in [0.1, 0.15) is 72.1 Å². The van der Waals surface area contributed by atoms with E-state index >= 15 is 0 Å². The zero-order chi connectivity index (χ0) is 18.9. The summed E-state index contributed by atoms with van der Waals surface area (Å²) in [5.41, 5.74) is -1.49. The first-order valence-corrected chi connectivity index (χ1v) is 10.7. The van der Waals surface area contributed by atoms with E-state index in [9.17, 15) is 20.1 Å². The third kappa shape index (κ3) is 2.21. The maximum atomic E-state index is 12.6. The van der Waals surface area contributed by atoms with E-state index in [0.29, 0.717) is 29.1 Å². The Labute approximate surface area is 157 Å².